The minimum Gasteiger partial charge on any atom is -0.385 e. The van der Waals surface area contributed by atoms with Gasteiger partial charge in [-0.25, -0.2) is 0 Å². The van der Waals surface area contributed by atoms with Gasteiger partial charge in [-0.3, -0.25) is 0 Å². The summed E-state index contributed by atoms with van der Waals surface area (Å²) >= 11 is 1.87. The first-order valence-electron chi connectivity index (χ1n) is 10.5. The van der Waals surface area contributed by atoms with Crippen LogP contribution in [0.25, 0.3) is 0 Å². The fraction of sp³-hybridized carbons (Fsp3) is 0.615. The third-order valence-electron chi connectivity index (χ3n) is 6.36. The molecule has 2 aliphatic carbocycles. The highest BCUT2D eigenvalue weighted by atomic mass is 32.2. The quantitative estimate of drug-likeness (QED) is 0.595. The molecule has 2 rings (SSSR count). The van der Waals surface area contributed by atoms with E-state index in [4.69, 9.17) is 0 Å². The van der Waals surface area contributed by atoms with Gasteiger partial charge in [-0.15, -0.1) is 0 Å². The highest BCUT2D eigenvalue weighted by Gasteiger charge is 2.43. The highest BCUT2D eigenvalue weighted by Crippen LogP contribution is 2.45. The van der Waals surface area contributed by atoms with Crippen LogP contribution in [0.5, 0.6) is 0 Å². The van der Waals surface area contributed by atoms with Crippen LogP contribution in [0.15, 0.2) is 46.6 Å². The summed E-state index contributed by atoms with van der Waals surface area (Å²) in [4.78, 5) is 0. The Morgan fingerprint density at radius 2 is 1.10 bits per heavy atom. The van der Waals surface area contributed by atoms with Crippen molar-refractivity contribution >= 4 is 11.8 Å². The van der Waals surface area contributed by atoms with E-state index in [1.807, 2.05) is 25.6 Å². The van der Waals surface area contributed by atoms with Crippen molar-refractivity contribution in [3.8, 4) is 0 Å². The van der Waals surface area contributed by atoms with Crippen molar-refractivity contribution in [2.75, 3.05) is 11.5 Å². The summed E-state index contributed by atoms with van der Waals surface area (Å²) < 4.78 is 0. The number of rotatable bonds is 4. The lowest BCUT2D eigenvalue weighted by molar-refractivity contribution is 0.0275. The molecule has 162 valence electrons. The average Bonchev–Trinajstić information content (AvgIpc) is 2.51. The van der Waals surface area contributed by atoms with Crippen LogP contribution in [0.3, 0.4) is 0 Å². The second-order valence-corrected chi connectivity index (χ2v) is 12.2. The molecular weight excluding hydrogens is 376 g/mol. The number of allylic oxidation sites excluding steroid dienone is 2. The van der Waals surface area contributed by atoms with Crippen LogP contribution in [0.2, 0.25) is 0 Å². The van der Waals surface area contributed by atoms with Gasteiger partial charge in [0.25, 0.3) is 0 Å². The molecule has 0 aliphatic heterocycles. The van der Waals surface area contributed by atoms with Gasteiger partial charge in [0, 0.05) is 23.3 Å². The van der Waals surface area contributed by atoms with Gasteiger partial charge < -0.3 is 10.2 Å². The van der Waals surface area contributed by atoms with Crippen molar-refractivity contribution < 1.29 is 10.2 Å². The lowest BCUT2D eigenvalue weighted by Gasteiger charge is -2.43. The van der Waals surface area contributed by atoms with Gasteiger partial charge in [0.15, 0.2) is 0 Å². The van der Waals surface area contributed by atoms with Crippen LogP contribution >= 0.6 is 11.8 Å². The summed E-state index contributed by atoms with van der Waals surface area (Å²) in [6.45, 7) is 25.0. The van der Waals surface area contributed by atoms with Crippen molar-refractivity contribution in [3.63, 3.8) is 0 Å². The number of aliphatic hydroxyl groups is 2. The van der Waals surface area contributed by atoms with Crippen molar-refractivity contribution in [2.24, 2.45) is 22.7 Å². The molecule has 29 heavy (non-hydrogen) atoms. The van der Waals surface area contributed by atoms with Crippen LogP contribution in [-0.2, 0) is 0 Å². The number of thioether (sulfide) groups is 1. The predicted molar refractivity (Wildman–Crippen MR) is 128 cm³/mol. The number of hydrogen-bond donors (Lipinski definition) is 2. The van der Waals surface area contributed by atoms with E-state index in [1.54, 1.807) is 0 Å². The van der Waals surface area contributed by atoms with Crippen LogP contribution in [0.1, 0.15) is 55.4 Å². The Balaban J connectivity index is 2.13. The van der Waals surface area contributed by atoms with Gasteiger partial charge in [-0.1, -0.05) is 65.8 Å². The summed E-state index contributed by atoms with van der Waals surface area (Å²) in [5, 5.41) is 21.8. The van der Waals surface area contributed by atoms with Crippen LogP contribution < -0.4 is 0 Å². The molecule has 2 radical (unpaired) electrons. The topological polar surface area (TPSA) is 40.5 Å². The molecule has 0 heterocycles. The minimum atomic E-state index is -1.04. The monoisotopic (exact) mass is 416 g/mol. The second-order valence-electron chi connectivity index (χ2n) is 11.2. The van der Waals surface area contributed by atoms with Crippen molar-refractivity contribution in [2.45, 2.75) is 66.6 Å². The SMILES string of the molecule is [CH2]C1(O)C(C)=CC(CSCC2=CC(C(C)(C)C)C([CH2])(O)C(C)=C2)=CC1C(C)(C)C. The van der Waals surface area contributed by atoms with Gasteiger partial charge in [0.1, 0.15) is 0 Å². The van der Waals surface area contributed by atoms with Crippen LogP contribution in [-0.4, -0.2) is 32.9 Å². The molecule has 0 aromatic heterocycles. The summed E-state index contributed by atoms with van der Waals surface area (Å²) in [5.74, 6) is 1.74. The van der Waals surface area contributed by atoms with E-state index in [2.05, 4.69) is 79.7 Å². The molecule has 0 bridgehead atoms. The van der Waals surface area contributed by atoms with Crippen molar-refractivity contribution in [3.05, 3.63) is 60.4 Å². The molecule has 2 N–H and O–H groups in total. The van der Waals surface area contributed by atoms with Crippen LogP contribution in [0.4, 0.5) is 0 Å². The molecule has 0 fully saturated rings. The average molecular weight is 417 g/mol. The first kappa shape index (κ1) is 24.5. The van der Waals surface area contributed by atoms with E-state index in [-0.39, 0.29) is 22.7 Å². The zero-order valence-electron chi connectivity index (χ0n) is 19.6. The summed E-state index contributed by atoms with van der Waals surface area (Å²) in [6.07, 6.45) is 8.59. The maximum absolute atomic E-state index is 10.9. The third-order valence-corrected chi connectivity index (χ3v) is 7.44. The Morgan fingerprint density at radius 1 is 0.793 bits per heavy atom. The van der Waals surface area contributed by atoms with Gasteiger partial charge in [0.2, 0.25) is 0 Å². The Kier molecular flexibility index (Phi) is 6.80. The van der Waals surface area contributed by atoms with E-state index in [0.29, 0.717) is 0 Å². The van der Waals surface area contributed by atoms with Gasteiger partial charge >= 0.3 is 0 Å². The standard InChI is InChI=1S/C26H40O2S/c1-17-11-19(13-21(23(3,4)5)25(17,9)27)15-29-16-20-12-18(2)26(10,28)22(14-20)24(6,7)8/h11-14,21-22,27-28H,9-10,15-16H2,1-8H3. The minimum absolute atomic E-state index is 0.0157. The predicted octanol–water partition coefficient (Wildman–Crippen LogP) is 5.95. The van der Waals surface area contributed by atoms with Crippen molar-refractivity contribution in [1.82, 2.24) is 0 Å². The molecule has 4 unspecified atom stereocenters. The number of hydrogen-bond acceptors (Lipinski definition) is 3. The van der Waals surface area contributed by atoms with Gasteiger partial charge in [0.05, 0.1) is 11.2 Å². The van der Waals surface area contributed by atoms with E-state index >= 15 is 0 Å². The molecule has 4 atom stereocenters. The Hall–Kier alpha value is -0.770. The summed E-state index contributed by atoms with van der Waals surface area (Å²) in [6, 6.07) is 0. The normalized spacial score (nSPS) is 33.7. The Morgan fingerprint density at radius 3 is 1.38 bits per heavy atom. The molecule has 0 saturated heterocycles. The maximum atomic E-state index is 10.9. The zero-order valence-corrected chi connectivity index (χ0v) is 20.4. The zero-order chi connectivity index (χ0) is 22.4. The van der Waals surface area contributed by atoms with Crippen molar-refractivity contribution in [1.29, 1.82) is 0 Å². The van der Waals surface area contributed by atoms with Gasteiger partial charge in [-0.2, -0.15) is 11.8 Å². The highest BCUT2D eigenvalue weighted by molar-refractivity contribution is 7.99. The van der Waals surface area contributed by atoms with Gasteiger partial charge in [-0.05, 0) is 60.8 Å². The molecule has 0 saturated carbocycles. The molecular formula is C26H40O2S. The molecule has 0 spiro atoms. The molecule has 2 nitrogen and oxygen atoms in total. The van der Waals surface area contributed by atoms with Crippen LogP contribution in [0, 0.1) is 36.5 Å². The Bertz CT molecular complexity index is 685. The van der Waals surface area contributed by atoms with E-state index in [9.17, 15) is 10.2 Å². The Labute approximate surface area is 183 Å². The fourth-order valence-corrected chi connectivity index (χ4v) is 5.43. The van der Waals surface area contributed by atoms with E-state index in [0.717, 1.165) is 22.7 Å². The summed E-state index contributed by atoms with van der Waals surface area (Å²) in [7, 11) is 0. The van der Waals surface area contributed by atoms with E-state index in [1.165, 1.54) is 11.1 Å². The third kappa shape index (κ3) is 5.29. The lowest BCUT2D eigenvalue weighted by Crippen LogP contribution is -2.44. The second kappa shape index (κ2) is 8.05. The maximum Gasteiger partial charge on any atom is 0.0925 e. The molecule has 3 heteroatoms. The fourth-order valence-electron chi connectivity index (χ4n) is 4.50. The molecule has 2 aliphatic rings. The van der Waals surface area contributed by atoms with E-state index < -0.39 is 11.2 Å². The first-order valence-corrected chi connectivity index (χ1v) is 11.6. The lowest BCUT2D eigenvalue weighted by atomic mass is 9.66. The largest absolute Gasteiger partial charge is 0.385 e. The first-order chi connectivity index (χ1) is 13.0. The molecule has 0 aromatic rings. The smallest absolute Gasteiger partial charge is 0.0925 e. The molecule has 0 aromatic carbocycles. The summed E-state index contributed by atoms with van der Waals surface area (Å²) in [5.41, 5.74) is 2.14. The molecule has 0 amide bonds.